The summed E-state index contributed by atoms with van der Waals surface area (Å²) in [5.74, 6) is -1.26. The van der Waals surface area contributed by atoms with Crippen molar-refractivity contribution < 1.29 is 19.4 Å². The number of carbonyl (C=O) groups excluding carboxylic acids is 1. The zero-order valence-electron chi connectivity index (χ0n) is 10.5. The Balaban J connectivity index is 2.76. The fourth-order valence-electron chi connectivity index (χ4n) is 1.62. The molecule has 18 heavy (non-hydrogen) atoms. The van der Waals surface area contributed by atoms with Crippen LogP contribution in [0.3, 0.4) is 0 Å². The Morgan fingerprint density at radius 3 is 2.61 bits per heavy atom. The minimum Gasteiger partial charge on any atom is -0.495 e. The summed E-state index contributed by atoms with van der Waals surface area (Å²) in [6.07, 6.45) is 0.310. The van der Waals surface area contributed by atoms with Crippen LogP contribution in [-0.4, -0.2) is 24.1 Å². The summed E-state index contributed by atoms with van der Waals surface area (Å²) in [6, 6.07) is 7.01. The smallest absolute Gasteiger partial charge is 0.304 e. The van der Waals surface area contributed by atoms with Gasteiger partial charge in [-0.15, -0.1) is 0 Å². The molecule has 0 spiro atoms. The number of carbonyl (C=O) groups is 2. The lowest BCUT2D eigenvalue weighted by Crippen LogP contribution is -2.24. The summed E-state index contributed by atoms with van der Waals surface area (Å²) in [4.78, 5) is 22.6. The molecule has 0 aliphatic rings. The highest BCUT2D eigenvalue weighted by Gasteiger charge is 2.20. The number of hydrogen-bond acceptors (Lipinski definition) is 3. The van der Waals surface area contributed by atoms with E-state index in [9.17, 15) is 9.59 Å². The molecule has 98 valence electrons. The van der Waals surface area contributed by atoms with Gasteiger partial charge < -0.3 is 15.2 Å². The Kier molecular flexibility index (Phi) is 5.17. The van der Waals surface area contributed by atoms with Crippen molar-refractivity contribution in [1.29, 1.82) is 0 Å². The Labute approximate surface area is 106 Å². The first-order valence-electron chi connectivity index (χ1n) is 5.74. The third kappa shape index (κ3) is 3.76. The molecule has 1 aromatic carbocycles. The Morgan fingerprint density at radius 1 is 1.39 bits per heavy atom. The van der Waals surface area contributed by atoms with Crippen molar-refractivity contribution in [2.75, 3.05) is 12.4 Å². The van der Waals surface area contributed by atoms with Crippen molar-refractivity contribution >= 4 is 17.6 Å². The molecule has 2 N–H and O–H groups in total. The van der Waals surface area contributed by atoms with Gasteiger partial charge in [0, 0.05) is 5.92 Å². The second-order valence-corrected chi connectivity index (χ2v) is 3.89. The molecular formula is C13H17NO4. The van der Waals surface area contributed by atoms with Crippen LogP contribution >= 0.6 is 0 Å². The number of nitrogens with one attached hydrogen (secondary N) is 1. The van der Waals surface area contributed by atoms with Crippen LogP contribution in [0.25, 0.3) is 0 Å². The van der Waals surface area contributed by atoms with E-state index in [1.54, 1.807) is 31.2 Å². The van der Waals surface area contributed by atoms with E-state index < -0.39 is 11.9 Å². The van der Waals surface area contributed by atoms with Crippen LogP contribution in [0, 0.1) is 5.92 Å². The number of hydrogen-bond donors (Lipinski definition) is 2. The van der Waals surface area contributed by atoms with Gasteiger partial charge in [0.25, 0.3) is 0 Å². The lowest BCUT2D eigenvalue weighted by Gasteiger charge is -2.14. The Morgan fingerprint density at radius 2 is 2.06 bits per heavy atom. The van der Waals surface area contributed by atoms with Gasteiger partial charge in [0.2, 0.25) is 5.91 Å². The molecule has 5 heteroatoms. The van der Waals surface area contributed by atoms with E-state index in [-0.39, 0.29) is 12.3 Å². The Bertz CT molecular complexity index is 431. The van der Waals surface area contributed by atoms with Gasteiger partial charge in [0.1, 0.15) is 5.75 Å². The number of carboxylic acid groups (broad SMARTS) is 1. The van der Waals surface area contributed by atoms with Crippen LogP contribution in [0.5, 0.6) is 5.75 Å². The lowest BCUT2D eigenvalue weighted by molar-refractivity contribution is -0.140. The van der Waals surface area contributed by atoms with Crippen molar-refractivity contribution in [2.24, 2.45) is 5.92 Å². The number of para-hydroxylation sites is 2. The summed E-state index contributed by atoms with van der Waals surface area (Å²) >= 11 is 0. The van der Waals surface area contributed by atoms with Crippen molar-refractivity contribution in [3.8, 4) is 5.75 Å². The SMILES string of the molecule is CCC(CC(=O)O)C(=O)Nc1ccccc1OC. The number of methoxy groups -OCH3 is 1. The van der Waals surface area contributed by atoms with E-state index in [1.165, 1.54) is 7.11 Å². The summed E-state index contributed by atoms with van der Waals surface area (Å²) in [5, 5.41) is 11.4. The fourth-order valence-corrected chi connectivity index (χ4v) is 1.62. The van der Waals surface area contributed by atoms with Gasteiger partial charge in [-0.05, 0) is 18.6 Å². The van der Waals surface area contributed by atoms with Crippen LogP contribution in [0.2, 0.25) is 0 Å². The molecule has 0 aromatic heterocycles. The largest absolute Gasteiger partial charge is 0.495 e. The number of anilines is 1. The number of amides is 1. The van der Waals surface area contributed by atoms with Gasteiger partial charge in [0.05, 0.1) is 19.2 Å². The maximum absolute atomic E-state index is 11.9. The van der Waals surface area contributed by atoms with Gasteiger partial charge >= 0.3 is 5.97 Å². The van der Waals surface area contributed by atoms with E-state index >= 15 is 0 Å². The summed E-state index contributed by atoms with van der Waals surface area (Å²) in [5.41, 5.74) is 0.550. The molecule has 0 radical (unpaired) electrons. The number of carboxylic acids is 1. The number of ether oxygens (including phenoxy) is 1. The zero-order valence-corrected chi connectivity index (χ0v) is 10.5. The highest BCUT2D eigenvalue weighted by Crippen LogP contribution is 2.24. The number of benzene rings is 1. The third-order valence-electron chi connectivity index (χ3n) is 2.65. The van der Waals surface area contributed by atoms with Crippen molar-refractivity contribution in [3.63, 3.8) is 0 Å². The molecule has 0 bridgehead atoms. The summed E-state index contributed by atoms with van der Waals surface area (Å²) in [6.45, 7) is 1.79. The molecule has 1 aromatic rings. The van der Waals surface area contributed by atoms with Gasteiger partial charge in [-0.2, -0.15) is 0 Å². The lowest BCUT2D eigenvalue weighted by atomic mass is 10.0. The van der Waals surface area contributed by atoms with Crippen LogP contribution in [0.4, 0.5) is 5.69 Å². The maximum atomic E-state index is 11.9. The quantitative estimate of drug-likeness (QED) is 0.812. The molecule has 5 nitrogen and oxygen atoms in total. The molecule has 0 aliphatic heterocycles. The van der Waals surface area contributed by atoms with Gasteiger partial charge in [-0.1, -0.05) is 19.1 Å². The second-order valence-electron chi connectivity index (χ2n) is 3.89. The fraction of sp³-hybridized carbons (Fsp3) is 0.385. The summed E-state index contributed by atoms with van der Waals surface area (Å²) in [7, 11) is 1.51. The molecule has 1 atom stereocenters. The third-order valence-corrected chi connectivity index (χ3v) is 2.65. The number of rotatable bonds is 6. The molecular weight excluding hydrogens is 234 g/mol. The van der Waals surface area contributed by atoms with Gasteiger partial charge in [-0.25, -0.2) is 0 Å². The minimum absolute atomic E-state index is 0.169. The minimum atomic E-state index is -0.975. The van der Waals surface area contributed by atoms with E-state index in [4.69, 9.17) is 9.84 Å². The van der Waals surface area contributed by atoms with Crippen molar-refractivity contribution in [2.45, 2.75) is 19.8 Å². The molecule has 1 amide bonds. The van der Waals surface area contributed by atoms with Gasteiger partial charge in [-0.3, -0.25) is 9.59 Å². The summed E-state index contributed by atoms with van der Waals surface area (Å²) < 4.78 is 5.11. The van der Waals surface area contributed by atoms with Gasteiger partial charge in [0.15, 0.2) is 0 Å². The highest BCUT2D eigenvalue weighted by atomic mass is 16.5. The average Bonchev–Trinajstić information content (AvgIpc) is 2.36. The van der Waals surface area contributed by atoms with Crippen LogP contribution in [0.15, 0.2) is 24.3 Å². The predicted octanol–water partition coefficient (Wildman–Crippen LogP) is 2.13. The molecule has 0 saturated heterocycles. The molecule has 1 unspecified atom stereocenters. The standard InChI is InChI=1S/C13H17NO4/c1-3-9(8-12(15)16)13(17)14-10-6-4-5-7-11(10)18-2/h4-7,9H,3,8H2,1-2H3,(H,14,17)(H,15,16). The topological polar surface area (TPSA) is 75.6 Å². The monoisotopic (exact) mass is 251 g/mol. The second kappa shape index (κ2) is 6.64. The van der Waals surface area contributed by atoms with E-state index in [0.717, 1.165) is 0 Å². The predicted molar refractivity (Wildman–Crippen MR) is 67.7 cm³/mol. The average molecular weight is 251 g/mol. The first kappa shape index (κ1) is 14.0. The first-order valence-corrected chi connectivity index (χ1v) is 5.74. The molecule has 0 aliphatic carbocycles. The van der Waals surface area contributed by atoms with Crippen molar-refractivity contribution in [1.82, 2.24) is 0 Å². The van der Waals surface area contributed by atoms with Crippen molar-refractivity contribution in [3.05, 3.63) is 24.3 Å². The van der Waals surface area contributed by atoms with E-state index in [2.05, 4.69) is 5.32 Å². The highest BCUT2D eigenvalue weighted by molar-refractivity contribution is 5.95. The normalized spacial score (nSPS) is 11.7. The first-order chi connectivity index (χ1) is 8.58. The molecule has 0 heterocycles. The number of aliphatic carboxylic acids is 1. The van der Waals surface area contributed by atoms with E-state index in [1.807, 2.05) is 0 Å². The molecule has 0 saturated carbocycles. The van der Waals surface area contributed by atoms with Crippen LogP contribution in [0.1, 0.15) is 19.8 Å². The molecule has 1 rings (SSSR count). The van der Waals surface area contributed by atoms with E-state index in [0.29, 0.717) is 17.9 Å². The maximum Gasteiger partial charge on any atom is 0.304 e. The zero-order chi connectivity index (χ0) is 13.5. The van der Waals surface area contributed by atoms with Crippen LogP contribution in [-0.2, 0) is 9.59 Å². The molecule has 0 fully saturated rings. The van der Waals surface area contributed by atoms with Crippen LogP contribution < -0.4 is 10.1 Å². The Hall–Kier alpha value is -2.04.